The maximum absolute atomic E-state index is 11.8. The van der Waals surface area contributed by atoms with E-state index in [0.717, 1.165) is 12.1 Å². The molecule has 0 radical (unpaired) electrons. The number of rotatable bonds is 5. The highest BCUT2D eigenvalue weighted by molar-refractivity contribution is 6.35. The Morgan fingerprint density at radius 3 is 3.00 bits per heavy atom. The quantitative estimate of drug-likeness (QED) is 0.874. The average molecular weight is 317 g/mol. The minimum Gasteiger partial charge on any atom is -0.378 e. The first kappa shape index (κ1) is 15.6. The Hall–Kier alpha value is -0.810. The van der Waals surface area contributed by atoms with Crippen LogP contribution in [-0.4, -0.2) is 38.3 Å². The largest absolute Gasteiger partial charge is 0.378 e. The van der Waals surface area contributed by atoms with Gasteiger partial charge >= 0.3 is 0 Å². The second-order valence-corrected chi connectivity index (χ2v) is 5.61. The van der Waals surface area contributed by atoms with Gasteiger partial charge in [-0.3, -0.25) is 4.79 Å². The molecule has 0 aliphatic carbocycles. The Bertz CT molecular complexity index is 462. The van der Waals surface area contributed by atoms with Crippen LogP contribution in [0.4, 0.5) is 0 Å². The lowest BCUT2D eigenvalue weighted by atomic mass is 10.1. The molecule has 1 saturated heterocycles. The summed E-state index contributed by atoms with van der Waals surface area (Å²) >= 11 is 11.9. The molecular formula is C14H18Cl2N2O2. The second kappa shape index (κ2) is 7.84. The molecule has 0 saturated carbocycles. The van der Waals surface area contributed by atoms with Gasteiger partial charge in [0.15, 0.2) is 0 Å². The van der Waals surface area contributed by atoms with Crippen LogP contribution in [0.25, 0.3) is 0 Å². The predicted molar refractivity (Wildman–Crippen MR) is 80.4 cm³/mol. The number of hydrogen-bond donors (Lipinski definition) is 2. The minimum atomic E-state index is 0.0260. The molecule has 2 rings (SSSR count). The van der Waals surface area contributed by atoms with Crippen LogP contribution in [0.2, 0.25) is 10.0 Å². The number of halogens is 2. The summed E-state index contributed by atoms with van der Waals surface area (Å²) in [5, 5.41) is 7.40. The summed E-state index contributed by atoms with van der Waals surface area (Å²) in [5.74, 6) is 0.0260. The Labute approximate surface area is 128 Å². The van der Waals surface area contributed by atoms with Crippen molar-refractivity contribution in [3.63, 3.8) is 0 Å². The molecule has 1 aliphatic rings. The minimum absolute atomic E-state index is 0.0260. The Balaban J connectivity index is 1.70. The molecule has 1 amide bonds. The van der Waals surface area contributed by atoms with E-state index in [2.05, 4.69) is 10.6 Å². The molecule has 1 aromatic rings. The Kier molecular flexibility index (Phi) is 6.10. The smallest absolute Gasteiger partial charge is 0.221 e. The molecule has 1 aliphatic heterocycles. The summed E-state index contributed by atoms with van der Waals surface area (Å²) in [7, 11) is 0. The van der Waals surface area contributed by atoms with Crippen LogP contribution in [0, 0.1) is 0 Å². The first-order valence-electron chi connectivity index (χ1n) is 6.67. The topological polar surface area (TPSA) is 50.4 Å². The van der Waals surface area contributed by atoms with E-state index in [1.165, 1.54) is 0 Å². The number of carbonyl (C=O) groups is 1. The average Bonchev–Trinajstić information content (AvgIpc) is 2.42. The lowest BCUT2D eigenvalue weighted by Gasteiger charge is -2.23. The van der Waals surface area contributed by atoms with Gasteiger partial charge in [-0.15, -0.1) is 0 Å². The van der Waals surface area contributed by atoms with Gasteiger partial charge in [0.2, 0.25) is 5.91 Å². The highest BCUT2D eigenvalue weighted by atomic mass is 35.5. The van der Waals surface area contributed by atoms with E-state index in [9.17, 15) is 4.79 Å². The molecule has 110 valence electrons. The fourth-order valence-corrected chi connectivity index (χ4v) is 2.61. The lowest BCUT2D eigenvalue weighted by molar-refractivity contribution is -0.122. The third kappa shape index (κ3) is 4.94. The molecule has 1 fully saturated rings. The van der Waals surface area contributed by atoms with Crippen molar-refractivity contribution >= 4 is 29.1 Å². The summed E-state index contributed by atoms with van der Waals surface area (Å²) in [6.07, 6.45) is 1.13. The molecule has 4 nitrogen and oxygen atoms in total. The third-order valence-corrected chi connectivity index (χ3v) is 3.75. The molecule has 1 atom stereocenters. The normalized spacial score (nSPS) is 18.8. The van der Waals surface area contributed by atoms with E-state index in [1.54, 1.807) is 12.1 Å². The molecule has 0 aromatic heterocycles. The van der Waals surface area contributed by atoms with Crippen LogP contribution in [-0.2, 0) is 16.0 Å². The van der Waals surface area contributed by atoms with Crippen molar-refractivity contribution in [3.05, 3.63) is 33.8 Å². The number of carbonyl (C=O) groups excluding carboxylic acids is 1. The van der Waals surface area contributed by atoms with Crippen LogP contribution in [0.15, 0.2) is 18.2 Å². The van der Waals surface area contributed by atoms with E-state index < -0.39 is 0 Å². The van der Waals surface area contributed by atoms with Gasteiger partial charge in [0, 0.05) is 35.6 Å². The van der Waals surface area contributed by atoms with E-state index in [1.807, 2.05) is 6.07 Å². The zero-order valence-electron chi connectivity index (χ0n) is 11.1. The van der Waals surface area contributed by atoms with Crippen molar-refractivity contribution in [1.29, 1.82) is 0 Å². The van der Waals surface area contributed by atoms with Gasteiger partial charge in [-0.05, 0) is 24.1 Å². The lowest BCUT2D eigenvalue weighted by Crippen LogP contribution is -2.44. The van der Waals surface area contributed by atoms with Crippen molar-refractivity contribution in [1.82, 2.24) is 10.6 Å². The standard InChI is InChI=1S/C14H18Cl2N2O2/c15-11-2-1-10(13(16)7-11)3-4-18-14(19)8-12-9-20-6-5-17-12/h1-2,7,12,17H,3-6,8-9H2,(H,18,19)/t12-/m0/s1. The SMILES string of the molecule is O=C(C[C@H]1COCCN1)NCCc1ccc(Cl)cc1Cl. The van der Waals surface area contributed by atoms with Gasteiger partial charge in [0.1, 0.15) is 0 Å². The maximum Gasteiger partial charge on any atom is 0.221 e. The molecule has 20 heavy (non-hydrogen) atoms. The van der Waals surface area contributed by atoms with Crippen molar-refractivity contribution in [2.24, 2.45) is 0 Å². The van der Waals surface area contributed by atoms with Crippen molar-refractivity contribution < 1.29 is 9.53 Å². The van der Waals surface area contributed by atoms with Gasteiger partial charge in [-0.25, -0.2) is 0 Å². The first-order chi connectivity index (χ1) is 9.65. The van der Waals surface area contributed by atoms with Gasteiger partial charge < -0.3 is 15.4 Å². The van der Waals surface area contributed by atoms with Gasteiger partial charge in [-0.1, -0.05) is 29.3 Å². The van der Waals surface area contributed by atoms with Crippen LogP contribution >= 0.6 is 23.2 Å². The van der Waals surface area contributed by atoms with Crippen LogP contribution in [0.3, 0.4) is 0 Å². The number of ether oxygens (including phenoxy) is 1. The summed E-state index contributed by atoms with van der Waals surface area (Å²) < 4.78 is 5.31. The van der Waals surface area contributed by atoms with Crippen LogP contribution in [0.5, 0.6) is 0 Å². The van der Waals surface area contributed by atoms with Crippen molar-refractivity contribution in [2.75, 3.05) is 26.3 Å². The number of amides is 1. The Morgan fingerprint density at radius 1 is 1.45 bits per heavy atom. The molecule has 1 aromatic carbocycles. The molecule has 0 spiro atoms. The van der Waals surface area contributed by atoms with E-state index in [0.29, 0.717) is 42.6 Å². The summed E-state index contributed by atoms with van der Waals surface area (Å²) in [6, 6.07) is 5.51. The van der Waals surface area contributed by atoms with Gasteiger partial charge in [0.25, 0.3) is 0 Å². The van der Waals surface area contributed by atoms with Crippen LogP contribution < -0.4 is 10.6 Å². The second-order valence-electron chi connectivity index (χ2n) is 4.77. The number of nitrogens with one attached hydrogen (secondary N) is 2. The molecule has 0 bridgehead atoms. The molecular weight excluding hydrogens is 299 g/mol. The van der Waals surface area contributed by atoms with E-state index in [-0.39, 0.29) is 11.9 Å². The predicted octanol–water partition coefficient (Wildman–Crippen LogP) is 2.03. The number of morpholine rings is 1. The van der Waals surface area contributed by atoms with E-state index >= 15 is 0 Å². The summed E-state index contributed by atoms with van der Waals surface area (Å²) in [5.41, 5.74) is 0.982. The van der Waals surface area contributed by atoms with Crippen molar-refractivity contribution in [3.8, 4) is 0 Å². The zero-order chi connectivity index (χ0) is 14.4. The molecule has 2 N–H and O–H groups in total. The van der Waals surface area contributed by atoms with Crippen molar-refractivity contribution in [2.45, 2.75) is 18.9 Å². The number of hydrogen-bond acceptors (Lipinski definition) is 3. The maximum atomic E-state index is 11.8. The Morgan fingerprint density at radius 2 is 2.30 bits per heavy atom. The van der Waals surface area contributed by atoms with Gasteiger partial charge in [0.05, 0.1) is 13.2 Å². The highest BCUT2D eigenvalue weighted by Gasteiger charge is 2.16. The molecule has 1 heterocycles. The third-order valence-electron chi connectivity index (χ3n) is 3.16. The van der Waals surface area contributed by atoms with Gasteiger partial charge in [-0.2, -0.15) is 0 Å². The van der Waals surface area contributed by atoms with Crippen LogP contribution in [0.1, 0.15) is 12.0 Å². The zero-order valence-corrected chi connectivity index (χ0v) is 12.6. The molecule has 0 unspecified atom stereocenters. The fraction of sp³-hybridized carbons (Fsp3) is 0.500. The summed E-state index contributed by atoms with van der Waals surface area (Å²) in [4.78, 5) is 11.8. The highest BCUT2D eigenvalue weighted by Crippen LogP contribution is 2.21. The first-order valence-corrected chi connectivity index (χ1v) is 7.42. The molecule has 6 heteroatoms. The number of benzene rings is 1. The summed E-state index contributed by atoms with van der Waals surface area (Å²) in [6.45, 7) is 2.68. The fourth-order valence-electron chi connectivity index (χ4n) is 2.11. The monoisotopic (exact) mass is 316 g/mol. The van der Waals surface area contributed by atoms with E-state index in [4.69, 9.17) is 27.9 Å².